The molecular weight excluding hydrogens is 629 g/mol. The van der Waals surface area contributed by atoms with E-state index in [1.54, 1.807) is 17.0 Å². The van der Waals surface area contributed by atoms with Gasteiger partial charge in [-0.15, -0.1) is 0 Å². The molecule has 1 aliphatic heterocycles. The second-order valence-corrected chi connectivity index (χ2v) is 14.3. The van der Waals surface area contributed by atoms with Crippen LogP contribution in [-0.2, 0) is 14.6 Å². The van der Waals surface area contributed by atoms with Crippen LogP contribution in [0.2, 0.25) is 0 Å². The average molecular weight is 664 g/mol. The number of halogens is 5. The van der Waals surface area contributed by atoms with Gasteiger partial charge in [-0.3, -0.25) is 9.69 Å². The van der Waals surface area contributed by atoms with Crippen molar-refractivity contribution < 1.29 is 39.9 Å². The van der Waals surface area contributed by atoms with E-state index in [1.807, 2.05) is 4.90 Å². The minimum absolute atomic E-state index is 0.0448. The van der Waals surface area contributed by atoms with E-state index in [9.17, 15) is 40.4 Å². The number of ether oxygens (including phenoxy) is 1. The summed E-state index contributed by atoms with van der Waals surface area (Å²) in [4.78, 5) is 20.0. The molecule has 0 spiro atoms. The topological polar surface area (TPSA) is 130 Å². The number of amides is 1. The highest BCUT2D eigenvalue weighted by Gasteiger charge is 2.46. The lowest BCUT2D eigenvalue weighted by molar-refractivity contribution is -0.185. The Balaban J connectivity index is 1.72. The molecule has 2 aromatic rings. The molecular formula is C28H34F5N5O4S2. The Morgan fingerprint density at radius 2 is 1.86 bits per heavy atom. The molecule has 0 bridgehead atoms. The second-order valence-electron chi connectivity index (χ2n) is 11.0. The molecule has 16 heteroatoms. The van der Waals surface area contributed by atoms with Crippen LogP contribution in [0.15, 0.2) is 35.4 Å². The Labute approximate surface area is 256 Å². The predicted molar refractivity (Wildman–Crippen MR) is 153 cm³/mol. The smallest absolute Gasteiger partial charge is 0.365 e. The van der Waals surface area contributed by atoms with Gasteiger partial charge in [0.25, 0.3) is 5.91 Å². The van der Waals surface area contributed by atoms with Gasteiger partial charge in [0.05, 0.1) is 47.9 Å². The first-order chi connectivity index (χ1) is 20.7. The monoisotopic (exact) mass is 663 g/mol. The predicted octanol–water partition coefficient (Wildman–Crippen LogP) is 5.30. The number of carbonyl (C=O) groups is 1. The maximum atomic E-state index is 13.6. The van der Waals surface area contributed by atoms with E-state index in [4.69, 9.17) is 5.73 Å². The first-order valence-electron chi connectivity index (χ1n) is 14.2. The molecule has 2 aliphatic rings. The summed E-state index contributed by atoms with van der Waals surface area (Å²) >= 11 is 0.994. The fourth-order valence-electron chi connectivity index (χ4n) is 6.25. The molecule has 1 aromatic carbocycles. The maximum absolute atomic E-state index is 13.6. The number of carbonyl (C=O) groups excluding carboxylic acids is 1. The number of rotatable bonds is 12. The second kappa shape index (κ2) is 14.1. The van der Waals surface area contributed by atoms with E-state index in [0.717, 1.165) is 11.3 Å². The van der Waals surface area contributed by atoms with Crippen molar-refractivity contribution in [2.24, 2.45) is 11.7 Å². The molecule has 2 heterocycles. The van der Waals surface area contributed by atoms with Gasteiger partial charge >= 0.3 is 12.8 Å². The molecule has 2 unspecified atom stereocenters. The van der Waals surface area contributed by atoms with E-state index < -0.39 is 52.6 Å². The van der Waals surface area contributed by atoms with Gasteiger partial charge in [-0.05, 0) is 49.8 Å². The lowest BCUT2D eigenvalue weighted by atomic mass is 9.83. The fourth-order valence-corrected chi connectivity index (χ4v) is 7.98. The SMILES string of the molecule is CCS(=O)(=O)c1ccc([C@H](CC#N)N(C2CCC(C(F)(F)F)CC2)C2CC(COC(F)F)N(c3ncc(C(N)=O)s3)C2)cc1. The number of benzene rings is 1. The Morgan fingerprint density at radius 3 is 2.39 bits per heavy atom. The molecule has 9 nitrogen and oxygen atoms in total. The van der Waals surface area contributed by atoms with E-state index in [-0.39, 0.29) is 73.2 Å². The van der Waals surface area contributed by atoms with Gasteiger partial charge in [0.2, 0.25) is 0 Å². The molecule has 2 N–H and O–H groups in total. The van der Waals surface area contributed by atoms with Crippen molar-refractivity contribution in [1.82, 2.24) is 9.88 Å². The van der Waals surface area contributed by atoms with Crippen LogP contribution in [0.5, 0.6) is 0 Å². The number of sulfone groups is 1. The highest BCUT2D eigenvalue weighted by atomic mass is 32.2. The van der Waals surface area contributed by atoms with Crippen molar-refractivity contribution in [3.8, 4) is 6.07 Å². The fraction of sp³-hybridized carbons (Fsp3) is 0.607. The van der Waals surface area contributed by atoms with Gasteiger partial charge in [-0.25, -0.2) is 13.4 Å². The van der Waals surface area contributed by atoms with Crippen molar-refractivity contribution in [1.29, 1.82) is 5.26 Å². The zero-order chi connectivity index (χ0) is 32.2. The minimum atomic E-state index is -4.33. The highest BCUT2D eigenvalue weighted by Crippen LogP contribution is 2.44. The number of nitriles is 1. The molecule has 1 amide bonds. The van der Waals surface area contributed by atoms with Crippen molar-refractivity contribution in [2.45, 2.75) is 87.3 Å². The molecule has 1 saturated heterocycles. The van der Waals surface area contributed by atoms with E-state index >= 15 is 0 Å². The van der Waals surface area contributed by atoms with Crippen LogP contribution in [0.25, 0.3) is 0 Å². The van der Waals surface area contributed by atoms with Gasteiger partial charge in [0.15, 0.2) is 15.0 Å². The van der Waals surface area contributed by atoms with Crippen molar-refractivity contribution >= 4 is 32.2 Å². The Bertz CT molecular complexity index is 1420. The number of anilines is 1. The average Bonchev–Trinajstić information content (AvgIpc) is 3.64. The standard InChI is InChI=1S/C28H34F5N5O4S2/c1-2-44(40,41)22-9-3-17(4-10-22)23(11-12-34)38(19-7-5-18(6-8-19)28(31,32)33)20-13-21(16-42-26(29)30)37(15-20)27-36-14-24(43-27)25(35)39/h3-4,9-10,14,18-21,23,26H,2,5-8,11,13,15-16H2,1H3,(H2,35,39)/t18?,19?,20?,21?,23-/m0/s1. The van der Waals surface area contributed by atoms with Crippen LogP contribution < -0.4 is 10.6 Å². The third-order valence-electron chi connectivity index (χ3n) is 8.44. The number of aromatic nitrogens is 1. The Kier molecular flexibility index (Phi) is 10.9. The van der Waals surface area contributed by atoms with Gasteiger partial charge in [0.1, 0.15) is 4.88 Å². The highest BCUT2D eigenvalue weighted by molar-refractivity contribution is 7.91. The molecule has 1 aromatic heterocycles. The summed E-state index contributed by atoms with van der Waals surface area (Å²) in [6.45, 7) is -1.67. The Morgan fingerprint density at radius 1 is 1.20 bits per heavy atom. The van der Waals surface area contributed by atoms with Crippen LogP contribution >= 0.6 is 11.3 Å². The van der Waals surface area contributed by atoms with Gasteiger partial charge in [-0.2, -0.15) is 27.2 Å². The van der Waals surface area contributed by atoms with E-state index in [0.29, 0.717) is 10.7 Å². The first kappa shape index (κ1) is 34.0. The van der Waals surface area contributed by atoms with Gasteiger partial charge in [-0.1, -0.05) is 30.4 Å². The van der Waals surface area contributed by atoms with E-state index in [2.05, 4.69) is 15.8 Å². The molecule has 2 fully saturated rings. The number of hydrogen-bond donors (Lipinski definition) is 1. The number of thiazole rings is 1. The summed E-state index contributed by atoms with van der Waals surface area (Å²) < 4.78 is 96.3. The van der Waals surface area contributed by atoms with Crippen molar-refractivity contribution in [2.75, 3.05) is 23.8 Å². The Hall–Kier alpha value is -2.87. The molecule has 3 atom stereocenters. The minimum Gasteiger partial charge on any atom is -0.365 e. The zero-order valence-corrected chi connectivity index (χ0v) is 25.6. The maximum Gasteiger partial charge on any atom is 0.391 e. The summed E-state index contributed by atoms with van der Waals surface area (Å²) in [5.74, 6) is -2.24. The molecule has 4 rings (SSSR count). The summed E-state index contributed by atoms with van der Waals surface area (Å²) in [6.07, 6.45) is -2.60. The molecule has 242 valence electrons. The van der Waals surface area contributed by atoms with Gasteiger partial charge < -0.3 is 15.4 Å². The van der Waals surface area contributed by atoms with Crippen LogP contribution in [0, 0.1) is 17.2 Å². The van der Waals surface area contributed by atoms with Crippen molar-refractivity contribution in [3.05, 3.63) is 40.9 Å². The van der Waals surface area contributed by atoms with Gasteiger partial charge in [0, 0.05) is 24.7 Å². The molecule has 0 radical (unpaired) electrons. The molecule has 1 saturated carbocycles. The van der Waals surface area contributed by atoms with Crippen molar-refractivity contribution in [3.63, 3.8) is 0 Å². The third kappa shape index (κ3) is 7.85. The lowest BCUT2D eigenvalue weighted by Crippen LogP contribution is -2.49. The molecule has 1 aliphatic carbocycles. The third-order valence-corrected chi connectivity index (χ3v) is 11.2. The van der Waals surface area contributed by atoms with E-state index in [1.165, 1.54) is 25.3 Å². The summed E-state index contributed by atoms with van der Waals surface area (Å²) in [5, 5.41) is 10.2. The summed E-state index contributed by atoms with van der Waals surface area (Å²) in [7, 11) is -3.50. The summed E-state index contributed by atoms with van der Waals surface area (Å²) in [5.41, 5.74) is 6.00. The number of nitrogens with two attached hydrogens (primary N) is 1. The van der Waals surface area contributed by atoms with Crippen LogP contribution in [-0.4, -0.2) is 74.0 Å². The molecule has 44 heavy (non-hydrogen) atoms. The number of primary amides is 1. The number of alkyl halides is 5. The number of nitrogens with zero attached hydrogens (tertiary/aromatic N) is 4. The zero-order valence-electron chi connectivity index (χ0n) is 23.9. The van der Waals surface area contributed by atoms with Crippen LogP contribution in [0.4, 0.5) is 27.1 Å². The number of hydrogen-bond acceptors (Lipinski definition) is 9. The van der Waals surface area contributed by atoms with Crippen LogP contribution in [0.1, 0.15) is 66.7 Å². The lowest BCUT2D eigenvalue weighted by Gasteiger charge is -2.44. The first-order valence-corrected chi connectivity index (χ1v) is 16.7. The normalized spacial score (nSPS) is 23.7. The quantitative estimate of drug-likeness (QED) is 0.303. The largest absolute Gasteiger partial charge is 0.391 e. The summed E-state index contributed by atoms with van der Waals surface area (Å²) in [6, 6.07) is 6.28. The van der Waals surface area contributed by atoms with Crippen LogP contribution in [0.3, 0.4) is 0 Å².